The maximum atomic E-state index is 12.6. The summed E-state index contributed by atoms with van der Waals surface area (Å²) in [5.41, 5.74) is 1.21. The van der Waals surface area contributed by atoms with Crippen molar-refractivity contribution in [1.82, 2.24) is 9.21 Å². The molecule has 1 saturated heterocycles. The summed E-state index contributed by atoms with van der Waals surface area (Å²) in [5, 5.41) is 0.756. The van der Waals surface area contributed by atoms with Crippen LogP contribution in [-0.4, -0.2) is 50.3 Å². The van der Waals surface area contributed by atoms with Crippen LogP contribution in [0.3, 0.4) is 0 Å². The first-order chi connectivity index (χ1) is 11.6. The summed E-state index contributed by atoms with van der Waals surface area (Å²) in [7, 11) is -3.37. The minimum absolute atomic E-state index is 0.373. The molecule has 2 aromatic carbocycles. The largest absolute Gasteiger partial charge is 0.300 e. The number of benzene rings is 2. The Morgan fingerprint density at radius 2 is 1.62 bits per heavy atom. The number of halogens is 1. The molecule has 0 bridgehead atoms. The van der Waals surface area contributed by atoms with E-state index in [-0.39, 0.29) is 0 Å². The average Bonchev–Trinajstić information content (AvgIpc) is 2.61. The Bertz CT molecular complexity index is 773. The topological polar surface area (TPSA) is 40.6 Å². The van der Waals surface area contributed by atoms with Gasteiger partial charge in [0, 0.05) is 37.7 Å². The summed E-state index contributed by atoms with van der Waals surface area (Å²) in [6, 6.07) is 16.5. The molecule has 4 nitrogen and oxygen atoms in total. The van der Waals surface area contributed by atoms with Crippen molar-refractivity contribution in [3.63, 3.8) is 0 Å². The van der Waals surface area contributed by atoms with E-state index in [4.69, 9.17) is 11.6 Å². The van der Waals surface area contributed by atoms with Gasteiger partial charge in [-0.15, -0.1) is 0 Å². The third-order valence-corrected chi connectivity index (χ3v) is 6.47. The molecular weight excluding hydrogens is 344 g/mol. The highest BCUT2D eigenvalue weighted by atomic mass is 35.5. The molecule has 24 heavy (non-hydrogen) atoms. The predicted molar refractivity (Wildman–Crippen MR) is 96.8 cm³/mol. The number of sulfonamides is 1. The van der Waals surface area contributed by atoms with Gasteiger partial charge in [0.05, 0.1) is 4.90 Å². The highest BCUT2D eigenvalue weighted by Gasteiger charge is 2.27. The van der Waals surface area contributed by atoms with E-state index in [0.717, 1.165) is 31.1 Å². The van der Waals surface area contributed by atoms with E-state index in [2.05, 4.69) is 11.0 Å². The quantitative estimate of drug-likeness (QED) is 0.819. The summed E-state index contributed by atoms with van der Waals surface area (Å²) in [6.07, 6.45) is 0.923. The molecule has 0 aromatic heterocycles. The van der Waals surface area contributed by atoms with E-state index < -0.39 is 10.0 Å². The van der Waals surface area contributed by atoms with Gasteiger partial charge < -0.3 is 4.90 Å². The van der Waals surface area contributed by atoms with E-state index in [9.17, 15) is 8.42 Å². The summed E-state index contributed by atoms with van der Waals surface area (Å²) >= 11 is 6.01. The Hall–Kier alpha value is -1.40. The van der Waals surface area contributed by atoms with E-state index in [1.165, 1.54) is 5.56 Å². The molecule has 1 aliphatic rings. The fourth-order valence-corrected chi connectivity index (χ4v) is 4.57. The van der Waals surface area contributed by atoms with Crippen LogP contribution >= 0.6 is 11.6 Å². The molecule has 0 radical (unpaired) electrons. The number of nitrogens with zero attached hydrogens (tertiary/aromatic N) is 2. The third kappa shape index (κ3) is 4.16. The smallest absolute Gasteiger partial charge is 0.243 e. The lowest BCUT2D eigenvalue weighted by atomic mass is 10.1. The molecule has 1 fully saturated rings. The van der Waals surface area contributed by atoms with Crippen molar-refractivity contribution in [3.05, 3.63) is 65.2 Å². The summed E-state index contributed by atoms with van der Waals surface area (Å²) in [4.78, 5) is 2.68. The van der Waals surface area contributed by atoms with Crippen LogP contribution in [0.4, 0.5) is 0 Å². The van der Waals surface area contributed by atoms with Crippen molar-refractivity contribution >= 4 is 21.6 Å². The first-order valence-corrected chi connectivity index (χ1v) is 9.89. The third-order valence-electron chi connectivity index (χ3n) is 4.32. The zero-order valence-electron chi connectivity index (χ0n) is 13.4. The van der Waals surface area contributed by atoms with Crippen molar-refractivity contribution in [2.75, 3.05) is 32.7 Å². The van der Waals surface area contributed by atoms with Crippen LogP contribution < -0.4 is 0 Å². The minimum Gasteiger partial charge on any atom is -0.300 e. The molecule has 0 spiro atoms. The van der Waals surface area contributed by atoms with Gasteiger partial charge in [0.2, 0.25) is 10.0 Å². The Balaban J connectivity index is 1.54. The van der Waals surface area contributed by atoms with Gasteiger partial charge in [-0.2, -0.15) is 4.31 Å². The summed E-state index contributed by atoms with van der Waals surface area (Å²) < 4.78 is 26.8. The average molecular weight is 365 g/mol. The molecule has 3 rings (SSSR count). The Labute approximate surface area is 148 Å². The van der Waals surface area contributed by atoms with Gasteiger partial charge in [0.1, 0.15) is 0 Å². The molecule has 0 atom stereocenters. The standard InChI is InChI=1S/C18H21ClN2O2S/c19-17-6-4-5-16(15-17)9-10-20-11-13-21(14-12-20)24(22,23)18-7-2-1-3-8-18/h1-8,15H,9-14H2. The van der Waals surface area contributed by atoms with Crippen LogP contribution in [0.25, 0.3) is 0 Å². The summed E-state index contributed by atoms with van der Waals surface area (Å²) in [6.45, 7) is 3.50. The fourth-order valence-electron chi connectivity index (χ4n) is 2.91. The zero-order chi connectivity index (χ0) is 17.0. The van der Waals surface area contributed by atoms with Crippen LogP contribution in [0.2, 0.25) is 5.02 Å². The lowest BCUT2D eigenvalue weighted by Crippen LogP contribution is -2.48. The van der Waals surface area contributed by atoms with Crippen LogP contribution in [0.1, 0.15) is 5.56 Å². The monoisotopic (exact) mass is 364 g/mol. The molecule has 0 saturated carbocycles. The molecule has 1 aliphatic heterocycles. The second-order valence-electron chi connectivity index (χ2n) is 5.94. The van der Waals surface area contributed by atoms with Gasteiger partial charge in [0.25, 0.3) is 0 Å². The Morgan fingerprint density at radius 1 is 0.917 bits per heavy atom. The van der Waals surface area contributed by atoms with E-state index in [0.29, 0.717) is 18.0 Å². The van der Waals surface area contributed by atoms with Crippen LogP contribution in [0.15, 0.2) is 59.5 Å². The normalized spacial score (nSPS) is 17.0. The van der Waals surface area contributed by atoms with Gasteiger partial charge >= 0.3 is 0 Å². The molecular formula is C18H21ClN2O2S. The highest BCUT2D eigenvalue weighted by molar-refractivity contribution is 7.89. The first-order valence-electron chi connectivity index (χ1n) is 8.08. The Morgan fingerprint density at radius 3 is 2.29 bits per heavy atom. The van der Waals surface area contributed by atoms with E-state index in [1.807, 2.05) is 24.3 Å². The van der Waals surface area contributed by atoms with Crippen molar-refractivity contribution in [2.45, 2.75) is 11.3 Å². The lowest BCUT2D eigenvalue weighted by Gasteiger charge is -2.34. The molecule has 0 amide bonds. The van der Waals surface area contributed by atoms with Crippen LogP contribution in [-0.2, 0) is 16.4 Å². The molecule has 0 unspecified atom stereocenters. The lowest BCUT2D eigenvalue weighted by molar-refractivity contribution is 0.190. The molecule has 1 heterocycles. The first kappa shape index (κ1) is 17.4. The van der Waals surface area contributed by atoms with Crippen molar-refractivity contribution < 1.29 is 8.42 Å². The number of piperazine rings is 1. The molecule has 2 aromatic rings. The van der Waals surface area contributed by atoms with Gasteiger partial charge in [0.15, 0.2) is 0 Å². The molecule has 128 valence electrons. The fraction of sp³-hybridized carbons (Fsp3) is 0.333. The van der Waals surface area contributed by atoms with Crippen molar-refractivity contribution in [2.24, 2.45) is 0 Å². The van der Waals surface area contributed by atoms with Crippen molar-refractivity contribution in [3.8, 4) is 0 Å². The van der Waals surface area contributed by atoms with E-state index in [1.54, 1.807) is 28.6 Å². The molecule has 0 N–H and O–H groups in total. The molecule has 6 heteroatoms. The maximum Gasteiger partial charge on any atom is 0.243 e. The van der Waals surface area contributed by atoms with Gasteiger partial charge in [-0.25, -0.2) is 8.42 Å². The Kier molecular flexibility index (Phi) is 5.56. The number of rotatable bonds is 5. The van der Waals surface area contributed by atoms with Crippen molar-refractivity contribution in [1.29, 1.82) is 0 Å². The number of hydrogen-bond donors (Lipinski definition) is 0. The van der Waals surface area contributed by atoms with Crippen LogP contribution in [0.5, 0.6) is 0 Å². The minimum atomic E-state index is -3.37. The van der Waals surface area contributed by atoms with Gasteiger partial charge in [-0.1, -0.05) is 41.9 Å². The highest BCUT2D eigenvalue weighted by Crippen LogP contribution is 2.17. The second-order valence-corrected chi connectivity index (χ2v) is 8.31. The summed E-state index contributed by atoms with van der Waals surface area (Å²) in [5.74, 6) is 0. The maximum absolute atomic E-state index is 12.6. The van der Waals surface area contributed by atoms with Crippen LogP contribution in [0, 0.1) is 0 Å². The van der Waals surface area contributed by atoms with E-state index >= 15 is 0 Å². The zero-order valence-corrected chi connectivity index (χ0v) is 15.0. The van der Waals surface area contributed by atoms with Gasteiger partial charge in [-0.3, -0.25) is 0 Å². The second kappa shape index (κ2) is 7.66. The predicted octanol–water partition coefficient (Wildman–Crippen LogP) is 2.89. The SMILES string of the molecule is O=S(=O)(c1ccccc1)N1CCN(CCc2cccc(Cl)c2)CC1. The van der Waals surface area contributed by atoms with Gasteiger partial charge in [-0.05, 0) is 36.2 Å². The number of hydrogen-bond acceptors (Lipinski definition) is 3. The molecule has 0 aliphatic carbocycles.